The lowest BCUT2D eigenvalue weighted by molar-refractivity contribution is -0.113. The Morgan fingerprint density at radius 1 is 1.09 bits per heavy atom. The normalized spacial score (nSPS) is 13.2. The molecule has 2 N–H and O–H groups in total. The molecule has 1 aliphatic rings. The van der Waals surface area contributed by atoms with Crippen molar-refractivity contribution in [1.29, 1.82) is 0 Å². The number of halogens is 2. The van der Waals surface area contributed by atoms with Crippen molar-refractivity contribution in [2.45, 2.75) is 30.8 Å². The molecule has 1 aliphatic carbocycles. The Kier molecular flexibility index (Phi) is 6.47. The first-order valence-electron chi connectivity index (χ1n) is 10.5. The highest BCUT2D eigenvalue weighted by molar-refractivity contribution is 7.99. The number of H-pyrrole nitrogens is 1. The van der Waals surface area contributed by atoms with Crippen molar-refractivity contribution >= 4 is 68.1 Å². The van der Waals surface area contributed by atoms with Crippen LogP contribution in [0.5, 0.6) is 0 Å². The van der Waals surface area contributed by atoms with E-state index in [0.717, 1.165) is 24.0 Å². The number of nitrogens with one attached hydrogen (secondary N) is 2. The van der Waals surface area contributed by atoms with Gasteiger partial charge in [-0.1, -0.05) is 53.2 Å². The fourth-order valence-corrected chi connectivity index (χ4v) is 6.26. The number of aromatic nitrogens is 2. The van der Waals surface area contributed by atoms with Crippen LogP contribution in [0.2, 0.25) is 10.0 Å². The van der Waals surface area contributed by atoms with Crippen molar-refractivity contribution in [3.8, 4) is 11.1 Å². The van der Waals surface area contributed by atoms with Gasteiger partial charge in [-0.05, 0) is 60.6 Å². The summed E-state index contributed by atoms with van der Waals surface area (Å²) in [7, 11) is 0. The molecule has 0 spiro atoms. The van der Waals surface area contributed by atoms with Crippen LogP contribution in [0.25, 0.3) is 21.3 Å². The minimum Gasteiger partial charge on any atom is -0.325 e. The van der Waals surface area contributed by atoms with E-state index in [1.54, 1.807) is 18.2 Å². The highest BCUT2D eigenvalue weighted by atomic mass is 35.5. The molecule has 9 heteroatoms. The Morgan fingerprint density at radius 2 is 1.85 bits per heavy atom. The largest absolute Gasteiger partial charge is 0.325 e. The number of amides is 1. The summed E-state index contributed by atoms with van der Waals surface area (Å²) < 4.78 is 0. The Balaban J connectivity index is 1.34. The van der Waals surface area contributed by atoms with Gasteiger partial charge < -0.3 is 10.3 Å². The van der Waals surface area contributed by atoms with Crippen molar-refractivity contribution in [3.05, 3.63) is 73.3 Å². The zero-order valence-corrected chi connectivity index (χ0v) is 20.6. The molecule has 0 saturated heterocycles. The number of carbonyl (C=O) groups excluding carboxylic acids is 1. The number of hydrogen-bond donors (Lipinski definition) is 2. The number of benzene rings is 2. The number of carbonyl (C=O) groups is 1. The fourth-order valence-electron chi connectivity index (χ4n) is 4.07. The summed E-state index contributed by atoms with van der Waals surface area (Å²) >= 11 is 14.6. The molecule has 0 bridgehead atoms. The van der Waals surface area contributed by atoms with Gasteiger partial charge in [0, 0.05) is 26.7 Å². The van der Waals surface area contributed by atoms with Gasteiger partial charge in [0.15, 0.2) is 5.16 Å². The number of nitrogens with zero attached hydrogens (tertiary/aromatic N) is 1. The Labute approximate surface area is 208 Å². The second kappa shape index (κ2) is 9.50. The number of thiophene rings is 1. The van der Waals surface area contributed by atoms with Crippen LogP contribution >= 0.6 is 46.3 Å². The number of fused-ring (bicyclic) bond motifs is 2. The number of aromatic amines is 1. The number of rotatable bonds is 5. The van der Waals surface area contributed by atoms with E-state index < -0.39 is 0 Å². The summed E-state index contributed by atoms with van der Waals surface area (Å²) in [5.41, 5.74) is 5.06. The van der Waals surface area contributed by atoms with Gasteiger partial charge in [-0.2, -0.15) is 0 Å². The van der Waals surface area contributed by atoms with Crippen molar-refractivity contribution < 1.29 is 4.79 Å². The highest BCUT2D eigenvalue weighted by Gasteiger charge is 2.16. The molecule has 2 aromatic heterocycles. The number of anilines is 1. The summed E-state index contributed by atoms with van der Waals surface area (Å²) in [6.07, 6.45) is 4.66. The van der Waals surface area contributed by atoms with E-state index in [0.29, 0.717) is 31.1 Å². The lowest BCUT2D eigenvalue weighted by Gasteiger charge is -2.16. The van der Waals surface area contributed by atoms with Crippen molar-refractivity contribution in [1.82, 2.24) is 9.97 Å². The first kappa shape index (κ1) is 22.5. The molecule has 0 saturated carbocycles. The van der Waals surface area contributed by atoms with Crippen molar-refractivity contribution in [2.24, 2.45) is 0 Å². The molecule has 0 radical (unpaired) electrons. The van der Waals surface area contributed by atoms with Crippen LogP contribution in [-0.2, 0) is 17.6 Å². The standard InChI is InChI=1S/C24H19Cl2N3O2S2/c25-16-8-17(26)10-18(9-16)27-20(30)12-33-24-28-22(31)21-19(11-32-23(21)29-24)15-6-5-13-3-1-2-4-14(13)7-15/h5-11H,1-4,12H2,(H,27,30)(H,28,29,31). The van der Waals surface area contributed by atoms with Gasteiger partial charge in [0.05, 0.1) is 11.1 Å². The zero-order valence-electron chi connectivity index (χ0n) is 17.4. The minimum absolute atomic E-state index is 0.0850. The van der Waals surface area contributed by atoms with Gasteiger partial charge >= 0.3 is 0 Å². The summed E-state index contributed by atoms with van der Waals surface area (Å²) in [5.74, 6) is -0.163. The first-order valence-corrected chi connectivity index (χ1v) is 13.1. The topological polar surface area (TPSA) is 74.8 Å². The van der Waals surface area contributed by atoms with Gasteiger partial charge in [0.25, 0.3) is 5.56 Å². The predicted octanol–water partition coefficient (Wildman–Crippen LogP) is 6.57. The Hall–Kier alpha value is -2.32. The SMILES string of the molecule is O=C(CSc1nc2scc(-c3ccc4c(c3)CCCC4)c2c(=O)[nH]1)Nc1cc(Cl)cc(Cl)c1. The molecule has 0 atom stereocenters. The van der Waals surface area contributed by atoms with E-state index in [2.05, 4.69) is 33.5 Å². The van der Waals surface area contributed by atoms with Crippen molar-refractivity contribution in [2.75, 3.05) is 11.1 Å². The Morgan fingerprint density at radius 3 is 2.64 bits per heavy atom. The summed E-state index contributed by atoms with van der Waals surface area (Å²) in [6.45, 7) is 0. The second-order valence-corrected chi connectivity index (χ2v) is 10.6. The van der Waals surface area contributed by atoms with Crippen LogP contribution in [0.4, 0.5) is 5.69 Å². The lowest BCUT2D eigenvalue weighted by Crippen LogP contribution is -2.15. The number of thioether (sulfide) groups is 1. The van der Waals surface area contributed by atoms with E-state index in [-0.39, 0.29) is 17.2 Å². The zero-order chi connectivity index (χ0) is 22.9. The quantitative estimate of drug-likeness (QED) is 0.233. The van der Waals surface area contributed by atoms with Gasteiger partial charge in [-0.15, -0.1) is 11.3 Å². The second-order valence-electron chi connectivity index (χ2n) is 7.89. The fraction of sp³-hybridized carbons (Fsp3) is 0.208. The summed E-state index contributed by atoms with van der Waals surface area (Å²) in [6, 6.07) is 11.3. The molecule has 2 aromatic carbocycles. The molecule has 2 heterocycles. The van der Waals surface area contributed by atoms with Gasteiger partial charge in [0.2, 0.25) is 5.91 Å². The first-order chi connectivity index (χ1) is 16.0. The molecule has 4 aromatic rings. The van der Waals surface area contributed by atoms with Gasteiger partial charge in [0.1, 0.15) is 4.83 Å². The average Bonchev–Trinajstić information content (AvgIpc) is 3.21. The van der Waals surface area contributed by atoms with Crippen LogP contribution in [-0.4, -0.2) is 21.6 Å². The molecule has 0 unspecified atom stereocenters. The molecule has 0 fully saturated rings. The van der Waals surface area contributed by atoms with E-state index in [1.807, 2.05) is 5.38 Å². The van der Waals surface area contributed by atoms with Crippen LogP contribution in [0, 0.1) is 0 Å². The summed E-state index contributed by atoms with van der Waals surface area (Å²) in [4.78, 5) is 33.3. The van der Waals surface area contributed by atoms with Crippen LogP contribution in [0.1, 0.15) is 24.0 Å². The van der Waals surface area contributed by atoms with Gasteiger partial charge in [-0.3, -0.25) is 9.59 Å². The smallest absolute Gasteiger partial charge is 0.260 e. The van der Waals surface area contributed by atoms with Crippen LogP contribution in [0.15, 0.2) is 51.7 Å². The van der Waals surface area contributed by atoms with Crippen LogP contribution in [0.3, 0.4) is 0 Å². The molecular weight excluding hydrogens is 497 g/mol. The maximum Gasteiger partial charge on any atom is 0.260 e. The van der Waals surface area contributed by atoms with E-state index in [1.165, 1.54) is 47.1 Å². The average molecular weight is 516 g/mol. The van der Waals surface area contributed by atoms with Gasteiger partial charge in [-0.25, -0.2) is 4.98 Å². The lowest BCUT2D eigenvalue weighted by atomic mass is 9.89. The van der Waals surface area contributed by atoms with Crippen molar-refractivity contribution in [3.63, 3.8) is 0 Å². The predicted molar refractivity (Wildman–Crippen MR) is 138 cm³/mol. The molecule has 0 aliphatic heterocycles. The monoisotopic (exact) mass is 515 g/mol. The third-order valence-electron chi connectivity index (χ3n) is 5.57. The number of aryl methyl sites for hydroxylation is 2. The third kappa shape index (κ3) is 4.96. The molecule has 5 nitrogen and oxygen atoms in total. The van der Waals surface area contributed by atoms with Crippen LogP contribution < -0.4 is 10.9 Å². The molecule has 33 heavy (non-hydrogen) atoms. The maximum absolute atomic E-state index is 12.9. The van der Waals surface area contributed by atoms with E-state index in [9.17, 15) is 9.59 Å². The molecular formula is C24H19Cl2N3O2S2. The third-order valence-corrected chi connectivity index (χ3v) is 7.75. The molecule has 1 amide bonds. The summed E-state index contributed by atoms with van der Waals surface area (Å²) in [5, 5.41) is 6.62. The molecule has 5 rings (SSSR count). The molecule has 168 valence electrons. The van der Waals surface area contributed by atoms with E-state index in [4.69, 9.17) is 23.2 Å². The van der Waals surface area contributed by atoms with E-state index >= 15 is 0 Å². The Bertz CT molecular complexity index is 1410. The maximum atomic E-state index is 12.9. The minimum atomic E-state index is -0.248. The highest BCUT2D eigenvalue weighted by Crippen LogP contribution is 2.34. The number of hydrogen-bond acceptors (Lipinski definition) is 5.